The number of aromatic hydroxyl groups is 2. The summed E-state index contributed by atoms with van der Waals surface area (Å²) in [6, 6.07) is 2.96. The number of phenols is 2. The first kappa shape index (κ1) is 21.1. The zero-order valence-corrected chi connectivity index (χ0v) is 15.2. The molecule has 144 valence electrons. The molecule has 0 heterocycles. The Bertz CT molecular complexity index is 668. The maximum Gasteiger partial charge on any atom is 0.408 e. The van der Waals surface area contributed by atoms with Gasteiger partial charge in [0.05, 0.1) is 7.11 Å². The number of methoxy groups -OCH3 is 1. The lowest BCUT2D eigenvalue weighted by atomic mass is 10.0. The van der Waals surface area contributed by atoms with Crippen LogP contribution >= 0.6 is 0 Å². The number of carbonyl (C=O) groups excluding carboxylic acids is 3. The highest BCUT2D eigenvalue weighted by molar-refractivity contribution is 5.88. The van der Waals surface area contributed by atoms with Gasteiger partial charge >= 0.3 is 12.1 Å². The summed E-state index contributed by atoms with van der Waals surface area (Å²) in [5.41, 5.74) is -0.275. The van der Waals surface area contributed by atoms with E-state index in [0.717, 1.165) is 0 Å². The second-order valence-electron chi connectivity index (χ2n) is 6.52. The van der Waals surface area contributed by atoms with Gasteiger partial charge in [0.15, 0.2) is 11.5 Å². The number of hydrogen-bond donors (Lipinski definition) is 4. The first-order chi connectivity index (χ1) is 12.0. The molecule has 1 aromatic rings. The minimum Gasteiger partial charge on any atom is -0.504 e. The molecule has 0 aliphatic heterocycles. The Morgan fingerprint density at radius 1 is 1.15 bits per heavy atom. The first-order valence-corrected chi connectivity index (χ1v) is 7.86. The van der Waals surface area contributed by atoms with Crippen molar-refractivity contribution in [2.75, 3.05) is 13.7 Å². The van der Waals surface area contributed by atoms with Crippen LogP contribution in [-0.4, -0.2) is 53.5 Å². The van der Waals surface area contributed by atoms with E-state index in [-0.39, 0.29) is 24.5 Å². The van der Waals surface area contributed by atoms with Crippen molar-refractivity contribution < 1.29 is 34.1 Å². The Labute approximate surface area is 151 Å². The lowest BCUT2D eigenvalue weighted by Gasteiger charge is -2.23. The van der Waals surface area contributed by atoms with Crippen LogP contribution in [0, 0.1) is 0 Å². The predicted octanol–water partition coefficient (Wildman–Crippen LogP) is 0.823. The number of carbonyl (C=O) groups is 3. The summed E-state index contributed by atoms with van der Waals surface area (Å²) in [6.07, 6.45) is -0.807. The Morgan fingerprint density at radius 2 is 1.81 bits per heavy atom. The van der Waals surface area contributed by atoms with Crippen LogP contribution in [0.5, 0.6) is 11.5 Å². The van der Waals surface area contributed by atoms with E-state index in [4.69, 9.17) is 4.74 Å². The third-order valence-corrected chi connectivity index (χ3v) is 3.12. The van der Waals surface area contributed by atoms with Crippen molar-refractivity contribution in [3.63, 3.8) is 0 Å². The highest BCUT2D eigenvalue weighted by Crippen LogP contribution is 2.25. The van der Waals surface area contributed by atoms with Crippen LogP contribution < -0.4 is 10.6 Å². The molecule has 1 rings (SSSR count). The van der Waals surface area contributed by atoms with Crippen LogP contribution in [0.25, 0.3) is 0 Å². The number of phenolic OH excluding ortho intramolecular Hbond substituents is 2. The molecule has 0 bridgehead atoms. The molecule has 0 aromatic heterocycles. The van der Waals surface area contributed by atoms with Gasteiger partial charge in [-0.1, -0.05) is 6.07 Å². The van der Waals surface area contributed by atoms with Crippen LogP contribution in [0.2, 0.25) is 0 Å². The second kappa shape index (κ2) is 8.93. The van der Waals surface area contributed by atoms with E-state index in [2.05, 4.69) is 15.4 Å². The molecule has 0 spiro atoms. The number of rotatable bonds is 6. The van der Waals surface area contributed by atoms with Gasteiger partial charge in [0.25, 0.3) is 0 Å². The van der Waals surface area contributed by atoms with E-state index in [0.29, 0.717) is 5.56 Å². The normalized spacial score (nSPS) is 12.0. The van der Waals surface area contributed by atoms with Gasteiger partial charge in [0.2, 0.25) is 5.91 Å². The third-order valence-electron chi connectivity index (χ3n) is 3.12. The van der Waals surface area contributed by atoms with Crippen LogP contribution in [0.4, 0.5) is 4.79 Å². The molecule has 2 amide bonds. The molecule has 0 saturated carbocycles. The van der Waals surface area contributed by atoms with Crippen molar-refractivity contribution in [3.8, 4) is 11.5 Å². The van der Waals surface area contributed by atoms with E-state index >= 15 is 0 Å². The minimum absolute atomic E-state index is 0.0000881. The van der Waals surface area contributed by atoms with E-state index in [1.54, 1.807) is 20.8 Å². The number of amides is 2. The van der Waals surface area contributed by atoms with E-state index in [1.165, 1.54) is 25.3 Å². The lowest BCUT2D eigenvalue weighted by molar-refractivity contribution is -0.141. The molecule has 26 heavy (non-hydrogen) atoms. The van der Waals surface area contributed by atoms with Crippen LogP contribution in [0.1, 0.15) is 26.3 Å². The van der Waals surface area contributed by atoms with Gasteiger partial charge in [0, 0.05) is 6.42 Å². The molecule has 0 saturated heterocycles. The third kappa shape index (κ3) is 7.29. The van der Waals surface area contributed by atoms with Crippen molar-refractivity contribution >= 4 is 18.0 Å². The number of hydrogen-bond acceptors (Lipinski definition) is 7. The summed E-state index contributed by atoms with van der Waals surface area (Å²) < 4.78 is 9.58. The standard InChI is InChI=1S/C17H24N2O7/c1-17(2,3)26-16(24)19-11(15(23)18-9-14(22)25-4)7-10-5-6-12(20)13(21)8-10/h5-6,8,11,20-21H,7,9H2,1-4H3,(H,18,23)(H,19,24)/t11-/m0/s1. The number of nitrogens with one attached hydrogen (secondary N) is 2. The van der Waals surface area contributed by atoms with Gasteiger partial charge in [-0.15, -0.1) is 0 Å². The largest absolute Gasteiger partial charge is 0.504 e. The van der Waals surface area contributed by atoms with E-state index < -0.39 is 29.6 Å². The fourth-order valence-electron chi connectivity index (χ4n) is 1.95. The summed E-state index contributed by atoms with van der Waals surface area (Å²) >= 11 is 0. The Morgan fingerprint density at radius 3 is 2.35 bits per heavy atom. The molecule has 0 aliphatic carbocycles. The zero-order chi connectivity index (χ0) is 19.9. The average Bonchev–Trinajstić information content (AvgIpc) is 2.53. The van der Waals surface area contributed by atoms with Crippen LogP contribution in [-0.2, 0) is 25.5 Å². The molecule has 9 heteroatoms. The van der Waals surface area contributed by atoms with Crippen LogP contribution in [0.3, 0.4) is 0 Å². The number of alkyl carbamates (subject to hydrolysis) is 1. The SMILES string of the molecule is COC(=O)CNC(=O)[C@H](Cc1ccc(O)c(O)c1)NC(=O)OC(C)(C)C. The summed E-state index contributed by atoms with van der Waals surface area (Å²) in [5, 5.41) is 23.7. The van der Waals surface area contributed by atoms with Crippen molar-refractivity contribution in [2.45, 2.75) is 38.8 Å². The van der Waals surface area contributed by atoms with Gasteiger partial charge in [-0.05, 0) is 38.5 Å². The molecule has 9 nitrogen and oxygen atoms in total. The summed E-state index contributed by atoms with van der Waals surface area (Å²) in [4.78, 5) is 35.5. The monoisotopic (exact) mass is 368 g/mol. The Hall–Kier alpha value is -2.97. The quantitative estimate of drug-likeness (QED) is 0.431. The highest BCUT2D eigenvalue weighted by atomic mass is 16.6. The summed E-state index contributed by atoms with van der Waals surface area (Å²) in [7, 11) is 1.18. The molecule has 0 radical (unpaired) electrons. The fourth-order valence-corrected chi connectivity index (χ4v) is 1.95. The highest BCUT2D eigenvalue weighted by Gasteiger charge is 2.25. The second-order valence-corrected chi connectivity index (χ2v) is 6.52. The maximum atomic E-state index is 12.3. The molecular formula is C17H24N2O7. The fraction of sp³-hybridized carbons (Fsp3) is 0.471. The summed E-state index contributed by atoms with van der Waals surface area (Å²) in [6.45, 7) is 4.67. The summed E-state index contributed by atoms with van der Waals surface area (Å²) in [5.74, 6) is -1.93. The van der Waals surface area contributed by atoms with Gasteiger partial charge in [-0.2, -0.15) is 0 Å². The molecular weight excluding hydrogens is 344 g/mol. The van der Waals surface area contributed by atoms with Gasteiger partial charge in [-0.3, -0.25) is 9.59 Å². The molecule has 0 aliphatic rings. The zero-order valence-electron chi connectivity index (χ0n) is 15.2. The van der Waals surface area contributed by atoms with Crippen molar-refractivity contribution in [1.82, 2.24) is 10.6 Å². The van der Waals surface area contributed by atoms with E-state index in [9.17, 15) is 24.6 Å². The van der Waals surface area contributed by atoms with Gasteiger partial charge < -0.3 is 30.3 Å². The maximum absolute atomic E-state index is 12.3. The lowest BCUT2D eigenvalue weighted by Crippen LogP contribution is -2.50. The number of ether oxygens (including phenoxy) is 2. The first-order valence-electron chi connectivity index (χ1n) is 7.86. The molecule has 0 fully saturated rings. The van der Waals surface area contributed by atoms with E-state index in [1.807, 2.05) is 0 Å². The number of benzene rings is 1. The minimum atomic E-state index is -1.07. The predicted molar refractivity (Wildman–Crippen MR) is 91.7 cm³/mol. The van der Waals surface area contributed by atoms with Crippen molar-refractivity contribution in [3.05, 3.63) is 23.8 Å². The van der Waals surface area contributed by atoms with Crippen molar-refractivity contribution in [1.29, 1.82) is 0 Å². The molecule has 0 unspecified atom stereocenters. The molecule has 4 N–H and O–H groups in total. The van der Waals surface area contributed by atoms with Crippen molar-refractivity contribution in [2.24, 2.45) is 0 Å². The number of esters is 1. The Balaban J connectivity index is 2.89. The van der Waals surface area contributed by atoms with Crippen LogP contribution in [0.15, 0.2) is 18.2 Å². The van der Waals surface area contributed by atoms with Gasteiger partial charge in [0.1, 0.15) is 18.2 Å². The average molecular weight is 368 g/mol. The topological polar surface area (TPSA) is 134 Å². The Kier molecular flexibility index (Phi) is 7.24. The molecule has 1 aromatic carbocycles. The molecule has 1 atom stereocenters. The smallest absolute Gasteiger partial charge is 0.408 e. The van der Waals surface area contributed by atoms with Gasteiger partial charge in [-0.25, -0.2) is 4.79 Å².